The summed E-state index contributed by atoms with van der Waals surface area (Å²) < 4.78 is 14.7. The number of amides is 1. The molecular formula is C17H12FN3O2S. The standard InChI is InChI=1S/C17H12FN3O2S/c1-8-14-10(18)3-2-4-13(14)24-15(8)16(22)19-9-5-6-11-12(7-9)21-17(23)20-11/h2-7H,1H3,(H,19,22)(H2,20,21,23). The third-order valence-electron chi connectivity index (χ3n) is 3.88. The van der Waals surface area contributed by atoms with Crippen molar-refractivity contribution in [3.05, 3.63) is 63.1 Å². The average molecular weight is 341 g/mol. The predicted octanol–water partition coefficient (Wildman–Crippen LogP) is 3.77. The second-order valence-electron chi connectivity index (χ2n) is 5.46. The Labute approximate surface area is 139 Å². The molecule has 0 atom stereocenters. The van der Waals surface area contributed by atoms with Crippen molar-refractivity contribution in [3.63, 3.8) is 0 Å². The number of imidazole rings is 1. The van der Waals surface area contributed by atoms with Crippen LogP contribution in [-0.4, -0.2) is 15.9 Å². The molecule has 1 amide bonds. The van der Waals surface area contributed by atoms with Gasteiger partial charge in [-0.15, -0.1) is 11.3 Å². The smallest absolute Gasteiger partial charge is 0.321 e. The van der Waals surface area contributed by atoms with Gasteiger partial charge in [-0.1, -0.05) is 6.07 Å². The number of thiophene rings is 1. The van der Waals surface area contributed by atoms with E-state index in [0.29, 0.717) is 32.5 Å². The van der Waals surface area contributed by atoms with E-state index in [1.54, 1.807) is 37.3 Å². The maximum Gasteiger partial charge on any atom is 0.323 e. The Bertz CT molecular complexity index is 1160. The number of H-pyrrole nitrogens is 2. The first-order valence-electron chi connectivity index (χ1n) is 7.24. The Hall–Kier alpha value is -2.93. The number of anilines is 1. The highest BCUT2D eigenvalue weighted by Crippen LogP contribution is 2.33. The molecule has 4 aromatic rings. The van der Waals surface area contributed by atoms with Gasteiger partial charge in [0.1, 0.15) is 5.82 Å². The molecule has 0 bridgehead atoms. The van der Waals surface area contributed by atoms with Gasteiger partial charge in [-0.3, -0.25) is 4.79 Å². The maximum absolute atomic E-state index is 14.0. The van der Waals surface area contributed by atoms with Gasteiger partial charge in [-0.25, -0.2) is 9.18 Å². The van der Waals surface area contributed by atoms with Crippen molar-refractivity contribution >= 4 is 44.1 Å². The molecule has 3 N–H and O–H groups in total. The van der Waals surface area contributed by atoms with Crippen molar-refractivity contribution in [2.24, 2.45) is 0 Å². The molecule has 0 unspecified atom stereocenters. The van der Waals surface area contributed by atoms with E-state index in [0.717, 1.165) is 4.70 Å². The van der Waals surface area contributed by atoms with Crippen LogP contribution >= 0.6 is 11.3 Å². The van der Waals surface area contributed by atoms with E-state index in [1.165, 1.54) is 17.4 Å². The summed E-state index contributed by atoms with van der Waals surface area (Å²) in [7, 11) is 0. The molecular weight excluding hydrogens is 329 g/mol. The first-order chi connectivity index (χ1) is 11.5. The predicted molar refractivity (Wildman–Crippen MR) is 93.4 cm³/mol. The van der Waals surface area contributed by atoms with Gasteiger partial charge in [0.05, 0.1) is 15.9 Å². The molecule has 24 heavy (non-hydrogen) atoms. The van der Waals surface area contributed by atoms with Gasteiger partial charge in [0.15, 0.2) is 0 Å². The summed E-state index contributed by atoms with van der Waals surface area (Å²) in [4.78, 5) is 29.6. The third-order valence-corrected chi connectivity index (χ3v) is 5.14. The molecule has 2 heterocycles. The number of benzene rings is 2. The molecule has 0 saturated carbocycles. The highest BCUT2D eigenvalue weighted by Gasteiger charge is 2.18. The highest BCUT2D eigenvalue weighted by atomic mass is 32.1. The maximum atomic E-state index is 14.0. The molecule has 0 radical (unpaired) electrons. The van der Waals surface area contributed by atoms with Crippen molar-refractivity contribution in [1.29, 1.82) is 0 Å². The fourth-order valence-electron chi connectivity index (χ4n) is 2.77. The summed E-state index contributed by atoms with van der Waals surface area (Å²) in [6, 6.07) is 9.90. The lowest BCUT2D eigenvalue weighted by Gasteiger charge is -2.04. The molecule has 0 aliphatic rings. The van der Waals surface area contributed by atoms with Gasteiger partial charge in [0, 0.05) is 15.8 Å². The van der Waals surface area contributed by atoms with E-state index in [2.05, 4.69) is 15.3 Å². The van der Waals surface area contributed by atoms with Crippen LogP contribution < -0.4 is 11.0 Å². The largest absolute Gasteiger partial charge is 0.323 e. The lowest BCUT2D eigenvalue weighted by Crippen LogP contribution is -2.11. The number of aromatic nitrogens is 2. The quantitative estimate of drug-likeness (QED) is 0.519. The van der Waals surface area contributed by atoms with Crippen LogP contribution in [0.1, 0.15) is 15.2 Å². The molecule has 120 valence electrons. The summed E-state index contributed by atoms with van der Waals surface area (Å²) in [6.07, 6.45) is 0. The summed E-state index contributed by atoms with van der Waals surface area (Å²) in [5, 5.41) is 3.28. The Morgan fingerprint density at radius 2 is 1.96 bits per heavy atom. The Morgan fingerprint density at radius 3 is 2.75 bits per heavy atom. The summed E-state index contributed by atoms with van der Waals surface area (Å²) in [5.74, 6) is -0.628. The molecule has 2 aromatic carbocycles. The van der Waals surface area contributed by atoms with Crippen LogP contribution in [-0.2, 0) is 0 Å². The fraction of sp³-hybridized carbons (Fsp3) is 0.0588. The van der Waals surface area contributed by atoms with Crippen molar-refractivity contribution in [3.8, 4) is 0 Å². The Kier molecular flexibility index (Phi) is 3.24. The third kappa shape index (κ3) is 2.30. The Morgan fingerprint density at radius 1 is 1.17 bits per heavy atom. The van der Waals surface area contributed by atoms with E-state index < -0.39 is 0 Å². The van der Waals surface area contributed by atoms with Crippen molar-refractivity contribution < 1.29 is 9.18 Å². The van der Waals surface area contributed by atoms with E-state index in [4.69, 9.17) is 0 Å². The molecule has 5 nitrogen and oxygen atoms in total. The minimum Gasteiger partial charge on any atom is -0.321 e. The van der Waals surface area contributed by atoms with Crippen LogP contribution in [0.25, 0.3) is 21.1 Å². The van der Waals surface area contributed by atoms with Crippen molar-refractivity contribution in [2.45, 2.75) is 6.92 Å². The molecule has 0 saturated heterocycles. The lowest BCUT2D eigenvalue weighted by atomic mass is 10.1. The summed E-state index contributed by atoms with van der Waals surface area (Å²) in [5.41, 5.74) is 2.15. The molecule has 7 heteroatoms. The molecule has 0 spiro atoms. The van der Waals surface area contributed by atoms with Crippen LogP contribution in [0.15, 0.2) is 41.2 Å². The molecule has 0 fully saturated rings. The highest BCUT2D eigenvalue weighted by molar-refractivity contribution is 7.21. The van der Waals surface area contributed by atoms with Crippen molar-refractivity contribution in [1.82, 2.24) is 9.97 Å². The molecule has 4 rings (SSSR count). The fourth-order valence-corrected chi connectivity index (χ4v) is 3.89. The van der Waals surface area contributed by atoms with Crippen molar-refractivity contribution in [2.75, 3.05) is 5.32 Å². The topological polar surface area (TPSA) is 77.8 Å². The number of hydrogen-bond acceptors (Lipinski definition) is 3. The van der Waals surface area contributed by atoms with E-state index in [9.17, 15) is 14.0 Å². The van der Waals surface area contributed by atoms with Crippen LogP contribution in [0.3, 0.4) is 0 Å². The number of aryl methyl sites for hydroxylation is 1. The number of hydrogen-bond donors (Lipinski definition) is 3. The SMILES string of the molecule is Cc1c(C(=O)Nc2ccc3[nH]c(=O)[nH]c3c2)sc2cccc(F)c12. The minimum absolute atomic E-state index is 0.301. The Balaban J connectivity index is 1.71. The van der Waals surface area contributed by atoms with Gasteiger partial charge >= 0.3 is 5.69 Å². The number of carbonyl (C=O) groups excluding carboxylic acids is 1. The van der Waals surface area contributed by atoms with Gasteiger partial charge in [0.2, 0.25) is 0 Å². The van der Waals surface area contributed by atoms with Gasteiger partial charge in [-0.2, -0.15) is 0 Å². The second kappa shape index (κ2) is 5.31. The first-order valence-corrected chi connectivity index (χ1v) is 8.05. The van der Waals surface area contributed by atoms with E-state index in [-0.39, 0.29) is 17.4 Å². The molecule has 2 aromatic heterocycles. The summed E-state index contributed by atoms with van der Waals surface area (Å²) >= 11 is 1.26. The number of aromatic amines is 2. The number of carbonyl (C=O) groups is 1. The van der Waals surface area contributed by atoms with E-state index >= 15 is 0 Å². The monoisotopic (exact) mass is 341 g/mol. The molecule has 0 aliphatic heterocycles. The van der Waals surface area contributed by atoms with Crippen LogP contribution in [0.4, 0.5) is 10.1 Å². The zero-order valence-corrected chi connectivity index (χ0v) is 13.4. The van der Waals surface area contributed by atoms with Gasteiger partial charge in [0.25, 0.3) is 5.91 Å². The lowest BCUT2D eigenvalue weighted by molar-refractivity contribution is 0.103. The molecule has 0 aliphatic carbocycles. The zero-order chi connectivity index (χ0) is 16.8. The van der Waals surface area contributed by atoms with Crippen LogP contribution in [0, 0.1) is 12.7 Å². The van der Waals surface area contributed by atoms with E-state index in [1.807, 2.05) is 0 Å². The number of rotatable bonds is 2. The normalized spacial score (nSPS) is 11.2. The number of fused-ring (bicyclic) bond motifs is 2. The zero-order valence-electron chi connectivity index (χ0n) is 12.6. The van der Waals surface area contributed by atoms with Gasteiger partial charge in [-0.05, 0) is 42.8 Å². The number of nitrogens with one attached hydrogen (secondary N) is 3. The van der Waals surface area contributed by atoms with Crippen LogP contribution in [0.2, 0.25) is 0 Å². The summed E-state index contributed by atoms with van der Waals surface area (Å²) in [6.45, 7) is 1.74. The second-order valence-corrected chi connectivity index (χ2v) is 6.51. The number of halogens is 1. The average Bonchev–Trinajstić information content (AvgIpc) is 3.07. The van der Waals surface area contributed by atoms with Crippen LogP contribution in [0.5, 0.6) is 0 Å². The van der Waals surface area contributed by atoms with Gasteiger partial charge < -0.3 is 15.3 Å². The minimum atomic E-state index is -0.327. The first kappa shape index (κ1) is 14.6.